The van der Waals surface area contributed by atoms with Crippen molar-refractivity contribution in [2.45, 2.75) is 53.4 Å². The Morgan fingerprint density at radius 2 is 1.54 bits per heavy atom. The number of hydrogen-bond donors (Lipinski definition) is 1. The predicted octanol–water partition coefficient (Wildman–Crippen LogP) is 6.24. The van der Waals surface area contributed by atoms with Gasteiger partial charge in [0.15, 0.2) is 0 Å². The average Bonchev–Trinajstić information content (AvgIpc) is 2.61. The summed E-state index contributed by atoms with van der Waals surface area (Å²) < 4.78 is 0. The zero-order valence-electron chi connectivity index (χ0n) is 17.0. The lowest BCUT2D eigenvalue weighted by molar-refractivity contribution is 0.474. The van der Waals surface area contributed by atoms with Crippen LogP contribution in [0, 0.1) is 0 Å². The van der Waals surface area contributed by atoms with Gasteiger partial charge in [-0.25, -0.2) is 0 Å². The fourth-order valence-electron chi connectivity index (χ4n) is 3.22. The van der Waals surface area contributed by atoms with Crippen LogP contribution in [-0.2, 0) is 0 Å². The van der Waals surface area contributed by atoms with E-state index in [1.807, 2.05) is 18.2 Å². The van der Waals surface area contributed by atoms with Crippen molar-refractivity contribution in [3.05, 3.63) is 53.1 Å². The maximum atomic E-state index is 10.4. The van der Waals surface area contributed by atoms with Gasteiger partial charge in [-0.3, -0.25) is 4.99 Å². The molecule has 0 atom stereocenters. The first-order valence-corrected chi connectivity index (χ1v) is 9.63. The summed E-state index contributed by atoms with van der Waals surface area (Å²) in [6.45, 7) is 14.8. The lowest BCUT2D eigenvalue weighted by Gasteiger charge is -2.21. The minimum atomic E-state index is 0.270. The van der Waals surface area contributed by atoms with Crippen molar-refractivity contribution < 1.29 is 5.11 Å². The Morgan fingerprint density at radius 3 is 2.00 bits per heavy atom. The van der Waals surface area contributed by atoms with Gasteiger partial charge in [0.1, 0.15) is 5.75 Å². The van der Waals surface area contributed by atoms with E-state index in [4.69, 9.17) is 4.99 Å². The molecule has 0 heterocycles. The van der Waals surface area contributed by atoms with E-state index in [0.717, 1.165) is 30.0 Å². The summed E-state index contributed by atoms with van der Waals surface area (Å²) in [5, 5.41) is 10.4. The van der Waals surface area contributed by atoms with Gasteiger partial charge in [-0.1, -0.05) is 45.9 Å². The molecule has 0 bridgehead atoms. The number of benzene rings is 2. The van der Waals surface area contributed by atoms with Gasteiger partial charge in [-0.15, -0.1) is 0 Å². The van der Waals surface area contributed by atoms with Crippen molar-refractivity contribution >= 4 is 17.6 Å². The van der Waals surface area contributed by atoms with Crippen molar-refractivity contribution in [3.63, 3.8) is 0 Å². The third-order valence-corrected chi connectivity index (χ3v) is 4.82. The molecule has 0 unspecified atom stereocenters. The Labute approximate surface area is 158 Å². The molecule has 0 aliphatic rings. The van der Waals surface area contributed by atoms with Crippen LogP contribution in [0.2, 0.25) is 0 Å². The molecule has 140 valence electrons. The van der Waals surface area contributed by atoms with E-state index in [-0.39, 0.29) is 5.75 Å². The van der Waals surface area contributed by atoms with Crippen LogP contribution < -0.4 is 4.90 Å². The second-order valence-electron chi connectivity index (χ2n) is 7.27. The van der Waals surface area contributed by atoms with E-state index in [0.29, 0.717) is 11.8 Å². The first kappa shape index (κ1) is 20.0. The summed E-state index contributed by atoms with van der Waals surface area (Å²) in [4.78, 5) is 7.01. The van der Waals surface area contributed by atoms with Gasteiger partial charge in [0.05, 0.1) is 5.69 Å². The molecule has 3 nitrogen and oxygen atoms in total. The molecule has 3 heteroatoms. The number of aliphatic imine (C=N–C) groups is 1. The smallest absolute Gasteiger partial charge is 0.126 e. The first-order chi connectivity index (χ1) is 12.4. The molecular formula is C23H32N2O. The highest BCUT2D eigenvalue weighted by atomic mass is 16.3. The predicted molar refractivity (Wildman–Crippen MR) is 114 cm³/mol. The summed E-state index contributed by atoms with van der Waals surface area (Å²) in [5.74, 6) is 1.07. The third kappa shape index (κ3) is 4.46. The molecular weight excluding hydrogens is 320 g/mol. The Morgan fingerprint density at radius 1 is 0.962 bits per heavy atom. The first-order valence-electron chi connectivity index (χ1n) is 9.63. The molecule has 0 spiro atoms. The molecule has 0 fully saturated rings. The lowest BCUT2D eigenvalue weighted by atomic mass is 9.93. The molecule has 0 aliphatic heterocycles. The highest BCUT2D eigenvalue weighted by Crippen LogP contribution is 2.35. The Kier molecular flexibility index (Phi) is 6.84. The largest absolute Gasteiger partial charge is 0.507 e. The summed E-state index contributed by atoms with van der Waals surface area (Å²) >= 11 is 0. The van der Waals surface area contributed by atoms with Crippen LogP contribution >= 0.6 is 0 Å². The van der Waals surface area contributed by atoms with Gasteiger partial charge in [0.2, 0.25) is 0 Å². The number of hydrogen-bond acceptors (Lipinski definition) is 3. The molecule has 0 radical (unpaired) electrons. The van der Waals surface area contributed by atoms with Crippen molar-refractivity contribution in [2.24, 2.45) is 4.99 Å². The molecule has 26 heavy (non-hydrogen) atoms. The molecule has 0 aromatic heterocycles. The second kappa shape index (κ2) is 8.88. The SMILES string of the molecule is CCN(CC)c1ccc(C=Nc2c(C(C)C)cccc2C(C)C)c(O)c1. The highest BCUT2D eigenvalue weighted by molar-refractivity contribution is 5.87. The number of aromatic hydroxyl groups is 1. The monoisotopic (exact) mass is 352 g/mol. The van der Waals surface area contributed by atoms with Gasteiger partial charge >= 0.3 is 0 Å². The van der Waals surface area contributed by atoms with Crippen molar-refractivity contribution in [3.8, 4) is 5.75 Å². The number of anilines is 1. The standard InChI is InChI=1S/C23H32N2O/c1-7-25(8-2)19-13-12-18(22(26)14-19)15-24-23-20(16(3)4)10-9-11-21(23)17(5)6/h9-17,26H,7-8H2,1-6H3. The number of phenolic OH excluding ortho intramolecular Hbond substituents is 1. The van der Waals surface area contributed by atoms with Crippen LogP contribution in [0.4, 0.5) is 11.4 Å². The van der Waals surface area contributed by atoms with Gasteiger partial charge in [0.25, 0.3) is 0 Å². The summed E-state index contributed by atoms with van der Waals surface area (Å²) in [7, 11) is 0. The van der Waals surface area contributed by atoms with Gasteiger partial charge in [0, 0.05) is 36.6 Å². The molecule has 0 saturated heterocycles. The minimum Gasteiger partial charge on any atom is -0.507 e. The number of nitrogens with zero attached hydrogens (tertiary/aromatic N) is 2. The second-order valence-corrected chi connectivity index (χ2v) is 7.27. The van der Waals surface area contributed by atoms with Crippen molar-refractivity contribution in [2.75, 3.05) is 18.0 Å². The molecule has 0 saturated carbocycles. The molecule has 1 N–H and O–H groups in total. The lowest BCUT2D eigenvalue weighted by Crippen LogP contribution is -2.21. The average molecular weight is 353 g/mol. The topological polar surface area (TPSA) is 35.8 Å². The fourth-order valence-corrected chi connectivity index (χ4v) is 3.22. The number of para-hydroxylation sites is 1. The Bertz CT molecular complexity index is 733. The zero-order valence-corrected chi connectivity index (χ0v) is 17.0. The van der Waals surface area contributed by atoms with E-state index in [1.165, 1.54) is 11.1 Å². The maximum absolute atomic E-state index is 10.4. The van der Waals surface area contributed by atoms with Gasteiger partial charge < -0.3 is 10.0 Å². The molecule has 2 aromatic carbocycles. The maximum Gasteiger partial charge on any atom is 0.126 e. The summed E-state index contributed by atoms with van der Waals surface area (Å²) in [5.41, 5.74) is 5.30. The van der Waals surface area contributed by atoms with E-state index >= 15 is 0 Å². The Hall–Kier alpha value is -2.29. The third-order valence-electron chi connectivity index (χ3n) is 4.82. The van der Waals surface area contributed by atoms with E-state index in [9.17, 15) is 5.11 Å². The minimum absolute atomic E-state index is 0.270. The van der Waals surface area contributed by atoms with E-state index in [2.05, 4.69) is 64.6 Å². The molecule has 0 amide bonds. The number of rotatable bonds is 7. The summed E-state index contributed by atoms with van der Waals surface area (Å²) in [6, 6.07) is 12.2. The Balaban J connectivity index is 2.41. The molecule has 2 aromatic rings. The van der Waals surface area contributed by atoms with Crippen LogP contribution in [0.25, 0.3) is 0 Å². The van der Waals surface area contributed by atoms with E-state index < -0.39 is 0 Å². The molecule has 2 rings (SSSR count). The van der Waals surface area contributed by atoms with Crippen LogP contribution in [-0.4, -0.2) is 24.4 Å². The summed E-state index contributed by atoms with van der Waals surface area (Å²) in [6.07, 6.45) is 1.79. The van der Waals surface area contributed by atoms with Crippen LogP contribution in [0.1, 0.15) is 70.1 Å². The quantitative estimate of drug-likeness (QED) is 0.599. The van der Waals surface area contributed by atoms with Crippen LogP contribution in [0.3, 0.4) is 0 Å². The molecule has 0 aliphatic carbocycles. The van der Waals surface area contributed by atoms with Crippen molar-refractivity contribution in [1.82, 2.24) is 0 Å². The van der Waals surface area contributed by atoms with Crippen LogP contribution in [0.15, 0.2) is 41.4 Å². The zero-order chi connectivity index (χ0) is 19.3. The highest BCUT2D eigenvalue weighted by Gasteiger charge is 2.13. The van der Waals surface area contributed by atoms with Crippen LogP contribution in [0.5, 0.6) is 5.75 Å². The fraction of sp³-hybridized carbons (Fsp3) is 0.435. The van der Waals surface area contributed by atoms with E-state index in [1.54, 1.807) is 6.21 Å². The normalized spacial score (nSPS) is 11.7. The number of phenols is 1. The van der Waals surface area contributed by atoms with Gasteiger partial charge in [-0.2, -0.15) is 0 Å². The van der Waals surface area contributed by atoms with Crippen molar-refractivity contribution in [1.29, 1.82) is 0 Å². The van der Waals surface area contributed by atoms with Gasteiger partial charge in [-0.05, 0) is 48.9 Å².